The highest BCUT2D eigenvalue weighted by Gasteiger charge is 2.32. The van der Waals surface area contributed by atoms with Crippen molar-refractivity contribution in [2.45, 2.75) is 44.2 Å². The lowest BCUT2D eigenvalue weighted by Gasteiger charge is -2.34. The number of carboxylic acid groups (broad SMARTS) is 1. The van der Waals surface area contributed by atoms with Crippen LogP contribution < -0.4 is 16.8 Å². The van der Waals surface area contributed by atoms with Crippen LogP contribution in [-0.4, -0.2) is 52.4 Å². The molecular weight excluding hydrogens is 280 g/mol. The summed E-state index contributed by atoms with van der Waals surface area (Å²) in [6.07, 6.45) is 1.70. The van der Waals surface area contributed by atoms with E-state index in [0.29, 0.717) is 13.0 Å². The van der Waals surface area contributed by atoms with Crippen LogP contribution in [0.5, 0.6) is 0 Å². The van der Waals surface area contributed by atoms with Gasteiger partial charge in [0.2, 0.25) is 11.8 Å². The zero-order valence-corrected chi connectivity index (χ0v) is 11.6. The van der Waals surface area contributed by atoms with Gasteiger partial charge in [0.15, 0.2) is 0 Å². The van der Waals surface area contributed by atoms with Crippen molar-refractivity contribution >= 4 is 23.8 Å². The number of likely N-dealkylation sites (tertiary alicyclic amines) is 1. The lowest BCUT2D eigenvalue weighted by atomic mass is 10.0. The summed E-state index contributed by atoms with van der Waals surface area (Å²) in [5.41, 5.74) is 10.2. The first kappa shape index (κ1) is 16.7. The number of nitrogens with zero attached hydrogens (tertiary/aromatic N) is 1. The molecule has 2 atom stereocenters. The Morgan fingerprint density at radius 3 is 2.43 bits per heavy atom. The molecule has 1 heterocycles. The average molecular weight is 300 g/mol. The van der Waals surface area contributed by atoms with Gasteiger partial charge in [-0.25, -0.2) is 9.59 Å². The number of hydrogen-bond donors (Lipinski definition) is 4. The van der Waals surface area contributed by atoms with Crippen molar-refractivity contribution in [3.8, 4) is 0 Å². The quantitative estimate of drug-likeness (QED) is 0.482. The van der Waals surface area contributed by atoms with Crippen LogP contribution in [0.3, 0.4) is 0 Å². The van der Waals surface area contributed by atoms with Gasteiger partial charge in [-0.1, -0.05) is 0 Å². The molecule has 6 N–H and O–H groups in total. The van der Waals surface area contributed by atoms with E-state index < -0.39 is 35.9 Å². The van der Waals surface area contributed by atoms with Gasteiger partial charge in [-0.2, -0.15) is 0 Å². The SMILES string of the molecule is NC(=O)CCC(NC(=O)N1CCCCC1C(N)=O)C(=O)O. The molecule has 9 nitrogen and oxygen atoms in total. The second-order valence-corrected chi connectivity index (χ2v) is 4.95. The molecule has 0 aromatic heterocycles. The molecule has 1 rings (SSSR count). The number of hydrogen-bond acceptors (Lipinski definition) is 4. The fourth-order valence-electron chi connectivity index (χ4n) is 2.25. The number of piperidine rings is 1. The van der Waals surface area contributed by atoms with Crippen molar-refractivity contribution in [3.05, 3.63) is 0 Å². The summed E-state index contributed by atoms with van der Waals surface area (Å²) in [6.45, 7) is 0.335. The zero-order valence-electron chi connectivity index (χ0n) is 11.6. The first-order valence-corrected chi connectivity index (χ1v) is 6.70. The third-order valence-electron chi connectivity index (χ3n) is 3.37. The smallest absolute Gasteiger partial charge is 0.326 e. The predicted octanol–water partition coefficient (Wildman–Crippen LogP) is -1.25. The molecule has 118 valence electrons. The van der Waals surface area contributed by atoms with E-state index >= 15 is 0 Å². The molecule has 0 spiro atoms. The zero-order chi connectivity index (χ0) is 16.0. The molecule has 4 amide bonds. The van der Waals surface area contributed by atoms with E-state index in [4.69, 9.17) is 16.6 Å². The minimum Gasteiger partial charge on any atom is -0.480 e. The van der Waals surface area contributed by atoms with Crippen LogP contribution in [0.2, 0.25) is 0 Å². The number of carboxylic acids is 1. The van der Waals surface area contributed by atoms with E-state index in [1.165, 1.54) is 4.90 Å². The molecule has 0 aromatic rings. The van der Waals surface area contributed by atoms with Crippen LogP contribution in [0.25, 0.3) is 0 Å². The first-order chi connectivity index (χ1) is 9.82. The number of urea groups is 1. The topological polar surface area (TPSA) is 156 Å². The third-order valence-corrected chi connectivity index (χ3v) is 3.37. The second-order valence-electron chi connectivity index (χ2n) is 4.95. The summed E-state index contributed by atoms with van der Waals surface area (Å²) in [5.74, 6) is -2.53. The summed E-state index contributed by atoms with van der Waals surface area (Å²) in [4.78, 5) is 46.4. The van der Waals surface area contributed by atoms with Crippen molar-refractivity contribution < 1.29 is 24.3 Å². The Morgan fingerprint density at radius 1 is 1.24 bits per heavy atom. The van der Waals surface area contributed by atoms with E-state index in [1.807, 2.05) is 0 Å². The van der Waals surface area contributed by atoms with Crippen LogP contribution >= 0.6 is 0 Å². The number of amides is 4. The number of carbonyl (C=O) groups is 4. The average Bonchev–Trinajstić information content (AvgIpc) is 2.42. The van der Waals surface area contributed by atoms with Crippen LogP contribution in [0.1, 0.15) is 32.1 Å². The van der Waals surface area contributed by atoms with Crippen molar-refractivity contribution in [1.82, 2.24) is 10.2 Å². The number of aliphatic carboxylic acids is 1. The number of carbonyl (C=O) groups excluding carboxylic acids is 3. The van der Waals surface area contributed by atoms with E-state index in [0.717, 1.165) is 12.8 Å². The molecule has 1 fully saturated rings. The molecule has 1 saturated heterocycles. The van der Waals surface area contributed by atoms with Gasteiger partial charge in [-0.05, 0) is 25.7 Å². The van der Waals surface area contributed by atoms with E-state index in [1.54, 1.807) is 0 Å². The monoisotopic (exact) mass is 300 g/mol. The fourth-order valence-corrected chi connectivity index (χ4v) is 2.25. The minimum absolute atomic E-state index is 0.106. The third kappa shape index (κ3) is 4.93. The standard InChI is InChI=1S/C12H20N4O5/c13-9(17)5-4-7(11(19)20)15-12(21)16-6-2-1-3-8(16)10(14)18/h7-8H,1-6H2,(H2,13,17)(H2,14,18)(H,15,21)(H,19,20). The van der Waals surface area contributed by atoms with Gasteiger partial charge < -0.3 is 26.8 Å². The maximum Gasteiger partial charge on any atom is 0.326 e. The van der Waals surface area contributed by atoms with Gasteiger partial charge in [-0.3, -0.25) is 9.59 Å². The van der Waals surface area contributed by atoms with Gasteiger partial charge in [0.05, 0.1) is 0 Å². The van der Waals surface area contributed by atoms with Crippen molar-refractivity contribution in [3.63, 3.8) is 0 Å². The van der Waals surface area contributed by atoms with E-state index in [2.05, 4.69) is 5.32 Å². The van der Waals surface area contributed by atoms with Gasteiger partial charge in [-0.15, -0.1) is 0 Å². The Hall–Kier alpha value is -2.32. The number of nitrogens with two attached hydrogens (primary N) is 2. The second kappa shape index (κ2) is 7.46. The van der Waals surface area contributed by atoms with Crippen LogP contribution in [0.15, 0.2) is 0 Å². The maximum atomic E-state index is 12.1. The lowest BCUT2D eigenvalue weighted by Crippen LogP contribution is -2.56. The number of rotatable bonds is 6. The Balaban J connectivity index is 2.68. The molecule has 0 radical (unpaired) electrons. The van der Waals surface area contributed by atoms with E-state index in [-0.39, 0.29) is 12.8 Å². The molecular formula is C12H20N4O5. The first-order valence-electron chi connectivity index (χ1n) is 6.70. The predicted molar refractivity (Wildman–Crippen MR) is 71.9 cm³/mol. The molecule has 2 unspecified atom stereocenters. The molecule has 0 aromatic carbocycles. The Kier molecular flexibility index (Phi) is 5.94. The van der Waals surface area contributed by atoms with Crippen molar-refractivity contribution in [1.29, 1.82) is 0 Å². The van der Waals surface area contributed by atoms with Gasteiger partial charge in [0.1, 0.15) is 12.1 Å². The summed E-state index contributed by atoms with van der Waals surface area (Å²) >= 11 is 0. The largest absolute Gasteiger partial charge is 0.480 e. The minimum atomic E-state index is -1.27. The van der Waals surface area contributed by atoms with Gasteiger partial charge in [0.25, 0.3) is 0 Å². The molecule has 1 aliphatic rings. The van der Waals surface area contributed by atoms with Gasteiger partial charge >= 0.3 is 12.0 Å². The Bertz CT molecular complexity index is 439. The summed E-state index contributed by atoms with van der Waals surface area (Å²) in [7, 11) is 0. The molecule has 0 bridgehead atoms. The highest BCUT2D eigenvalue weighted by molar-refractivity contribution is 5.88. The molecule has 0 aliphatic carbocycles. The normalized spacial score (nSPS) is 19.6. The molecule has 21 heavy (non-hydrogen) atoms. The summed E-state index contributed by atoms with van der Waals surface area (Å²) < 4.78 is 0. The number of nitrogens with one attached hydrogen (secondary N) is 1. The number of primary amides is 2. The fraction of sp³-hybridized carbons (Fsp3) is 0.667. The van der Waals surface area contributed by atoms with E-state index in [9.17, 15) is 19.2 Å². The van der Waals surface area contributed by atoms with Crippen molar-refractivity contribution in [2.75, 3.05) is 6.54 Å². The molecule has 1 aliphatic heterocycles. The van der Waals surface area contributed by atoms with Gasteiger partial charge in [0, 0.05) is 13.0 Å². The Morgan fingerprint density at radius 2 is 1.90 bits per heavy atom. The molecule has 0 saturated carbocycles. The van der Waals surface area contributed by atoms with Crippen molar-refractivity contribution in [2.24, 2.45) is 11.5 Å². The lowest BCUT2D eigenvalue weighted by molar-refractivity contribution is -0.139. The Labute approximate surface area is 121 Å². The highest BCUT2D eigenvalue weighted by atomic mass is 16.4. The van der Waals surface area contributed by atoms with Crippen LogP contribution in [0, 0.1) is 0 Å². The summed E-state index contributed by atoms with van der Waals surface area (Å²) in [6, 6.07) is -2.64. The van der Waals surface area contributed by atoms with Crippen LogP contribution in [-0.2, 0) is 14.4 Å². The highest BCUT2D eigenvalue weighted by Crippen LogP contribution is 2.17. The maximum absolute atomic E-state index is 12.1. The summed E-state index contributed by atoms with van der Waals surface area (Å²) in [5, 5.41) is 11.3. The van der Waals surface area contributed by atoms with Crippen LogP contribution in [0.4, 0.5) is 4.79 Å². The molecule has 9 heteroatoms.